The molecule has 2 aromatic heterocycles. The third-order valence-electron chi connectivity index (χ3n) is 3.58. The molecule has 0 radical (unpaired) electrons. The second-order valence-electron chi connectivity index (χ2n) is 5.43. The molecule has 7 heteroatoms. The molecule has 130 valence electrons. The van der Waals surface area contributed by atoms with Crippen molar-refractivity contribution < 1.29 is 13.9 Å². The lowest BCUT2D eigenvalue weighted by Crippen LogP contribution is -2.25. The van der Waals surface area contributed by atoms with Gasteiger partial charge in [-0.15, -0.1) is 21.5 Å². The number of aromatic nitrogens is 2. The van der Waals surface area contributed by atoms with Gasteiger partial charge in [0, 0.05) is 12.1 Å². The summed E-state index contributed by atoms with van der Waals surface area (Å²) >= 11 is 1.54. The Kier molecular flexibility index (Phi) is 5.45. The summed E-state index contributed by atoms with van der Waals surface area (Å²) in [4.78, 5) is 13.1. The van der Waals surface area contributed by atoms with Crippen LogP contribution in [0.2, 0.25) is 0 Å². The average Bonchev–Trinajstić information content (AvgIpc) is 3.23. The van der Waals surface area contributed by atoms with Crippen LogP contribution in [0.4, 0.5) is 0 Å². The minimum Gasteiger partial charge on any atom is -0.494 e. The van der Waals surface area contributed by atoms with E-state index in [0.29, 0.717) is 24.9 Å². The highest BCUT2D eigenvalue weighted by atomic mass is 32.1. The van der Waals surface area contributed by atoms with Gasteiger partial charge in [0.15, 0.2) is 0 Å². The lowest BCUT2D eigenvalue weighted by molar-refractivity contribution is -0.120. The fraction of sp³-hybridized carbons (Fsp3) is 0.278. The van der Waals surface area contributed by atoms with E-state index in [0.717, 1.165) is 21.8 Å². The van der Waals surface area contributed by atoms with Gasteiger partial charge in [-0.05, 0) is 36.9 Å². The predicted molar refractivity (Wildman–Crippen MR) is 95.5 cm³/mol. The molecule has 0 unspecified atom stereocenters. The summed E-state index contributed by atoms with van der Waals surface area (Å²) in [7, 11) is 0. The topological polar surface area (TPSA) is 77.2 Å². The summed E-state index contributed by atoms with van der Waals surface area (Å²) in [6.07, 6.45) is 0.0498. The van der Waals surface area contributed by atoms with Crippen molar-refractivity contribution in [1.82, 2.24) is 15.5 Å². The normalized spacial score (nSPS) is 10.6. The number of aryl methyl sites for hydroxylation is 1. The second kappa shape index (κ2) is 7.94. The van der Waals surface area contributed by atoms with E-state index in [9.17, 15) is 4.79 Å². The highest BCUT2D eigenvalue weighted by Gasteiger charge is 2.15. The predicted octanol–water partition coefficient (Wildman–Crippen LogP) is 3.36. The summed E-state index contributed by atoms with van der Waals surface area (Å²) in [5, 5.41) is 12.8. The Labute approximate surface area is 149 Å². The van der Waals surface area contributed by atoms with Gasteiger partial charge in [0.05, 0.1) is 11.5 Å². The van der Waals surface area contributed by atoms with Gasteiger partial charge in [-0.3, -0.25) is 4.79 Å². The van der Waals surface area contributed by atoms with Crippen molar-refractivity contribution in [3.63, 3.8) is 0 Å². The Morgan fingerprint density at radius 1 is 1.28 bits per heavy atom. The van der Waals surface area contributed by atoms with Crippen molar-refractivity contribution in [2.24, 2.45) is 0 Å². The molecule has 25 heavy (non-hydrogen) atoms. The number of carbonyl (C=O) groups is 1. The molecule has 3 aromatic rings. The lowest BCUT2D eigenvalue weighted by atomic mass is 10.2. The maximum absolute atomic E-state index is 12.1. The van der Waals surface area contributed by atoms with Crippen LogP contribution in [0, 0.1) is 6.92 Å². The van der Waals surface area contributed by atoms with Crippen LogP contribution in [0.5, 0.6) is 5.75 Å². The highest BCUT2D eigenvalue weighted by Crippen LogP contribution is 2.27. The van der Waals surface area contributed by atoms with Crippen LogP contribution in [0.1, 0.15) is 23.9 Å². The van der Waals surface area contributed by atoms with Crippen LogP contribution in [-0.2, 0) is 17.8 Å². The van der Waals surface area contributed by atoms with Crippen LogP contribution in [0.25, 0.3) is 10.8 Å². The first kappa shape index (κ1) is 17.2. The zero-order valence-electron chi connectivity index (χ0n) is 14.1. The molecular formula is C18H19N3O3S. The van der Waals surface area contributed by atoms with Crippen LogP contribution in [-0.4, -0.2) is 22.7 Å². The molecule has 0 saturated carbocycles. The van der Waals surface area contributed by atoms with E-state index >= 15 is 0 Å². The quantitative estimate of drug-likeness (QED) is 0.701. The van der Waals surface area contributed by atoms with Crippen molar-refractivity contribution in [3.8, 4) is 16.5 Å². The maximum atomic E-state index is 12.1. The zero-order valence-corrected chi connectivity index (χ0v) is 14.9. The number of nitrogens with zero attached hydrogens (tertiary/aromatic N) is 2. The van der Waals surface area contributed by atoms with E-state index in [1.807, 2.05) is 49.6 Å². The van der Waals surface area contributed by atoms with E-state index < -0.39 is 0 Å². The number of amides is 1. The molecule has 0 bridgehead atoms. The number of para-hydroxylation sites is 1. The summed E-state index contributed by atoms with van der Waals surface area (Å²) in [6.45, 7) is 4.88. The standard InChI is InChI=1S/C18H19N3O3S/c1-3-23-14-7-5-4-6-13(14)11-19-15(22)10-16-20-21-18(24-16)17-12(2)8-9-25-17/h4-9H,3,10-11H2,1-2H3,(H,19,22). The largest absolute Gasteiger partial charge is 0.494 e. The van der Waals surface area contributed by atoms with Crippen LogP contribution < -0.4 is 10.1 Å². The van der Waals surface area contributed by atoms with Crippen molar-refractivity contribution >= 4 is 17.2 Å². The molecule has 0 fully saturated rings. The first-order chi connectivity index (χ1) is 12.2. The number of carbonyl (C=O) groups excluding carboxylic acids is 1. The molecule has 6 nitrogen and oxygen atoms in total. The first-order valence-electron chi connectivity index (χ1n) is 8.01. The fourth-order valence-electron chi connectivity index (χ4n) is 2.35. The molecule has 1 aromatic carbocycles. The Morgan fingerprint density at radius 3 is 2.88 bits per heavy atom. The van der Waals surface area contributed by atoms with Crippen molar-refractivity contribution in [2.45, 2.75) is 26.8 Å². The Morgan fingerprint density at radius 2 is 2.12 bits per heavy atom. The van der Waals surface area contributed by atoms with E-state index in [4.69, 9.17) is 9.15 Å². The molecule has 0 spiro atoms. The minimum absolute atomic E-state index is 0.0498. The molecule has 0 aliphatic rings. The molecule has 3 rings (SSSR count). The van der Waals surface area contributed by atoms with Crippen molar-refractivity contribution in [2.75, 3.05) is 6.61 Å². The van der Waals surface area contributed by atoms with Crippen molar-refractivity contribution in [3.05, 3.63) is 52.7 Å². The van der Waals surface area contributed by atoms with Crippen LogP contribution in [0.3, 0.4) is 0 Å². The van der Waals surface area contributed by atoms with Gasteiger partial charge in [0.2, 0.25) is 11.8 Å². The highest BCUT2D eigenvalue weighted by molar-refractivity contribution is 7.13. The summed E-state index contributed by atoms with van der Waals surface area (Å²) < 4.78 is 11.1. The third kappa shape index (κ3) is 4.24. The monoisotopic (exact) mass is 357 g/mol. The molecule has 2 heterocycles. The van der Waals surface area contributed by atoms with Crippen molar-refractivity contribution in [1.29, 1.82) is 0 Å². The number of nitrogens with one attached hydrogen (secondary N) is 1. The number of rotatable bonds is 7. The number of ether oxygens (including phenoxy) is 1. The van der Waals surface area contributed by atoms with Gasteiger partial charge >= 0.3 is 0 Å². The van der Waals surface area contributed by atoms with Gasteiger partial charge in [-0.1, -0.05) is 18.2 Å². The van der Waals surface area contributed by atoms with Crippen LogP contribution in [0.15, 0.2) is 40.1 Å². The maximum Gasteiger partial charge on any atom is 0.258 e. The molecule has 0 saturated heterocycles. The van der Waals surface area contributed by atoms with Gasteiger partial charge in [-0.25, -0.2) is 0 Å². The molecule has 1 N–H and O–H groups in total. The van der Waals surface area contributed by atoms with Gasteiger partial charge < -0.3 is 14.5 Å². The fourth-order valence-corrected chi connectivity index (χ4v) is 3.19. The van der Waals surface area contributed by atoms with Gasteiger partial charge in [0.1, 0.15) is 12.2 Å². The van der Waals surface area contributed by atoms with E-state index in [2.05, 4.69) is 15.5 Å². The number of hydrogen-bond acceptors (Lipinski definition) is 6. The molecule has 1 amide bonds. The summed E-state index contributed by atoms with van der Waals surface area (Å²) in [5.74, 6) is 1.36. The zero-order chi connectivity index (χ0) is 17.6. The summed E-state index contributed by atoms with van der Waals surface area (Å²) in [6, 6.07) is 9.63. The van der Waals surface area contributed by atoms with E-state index in [1.165, 1.54) is 11.3 Å². The molecule has 0 atom stereocenters. The Bertz CT molecular complexity index is 857. The molecule has 0 aliphatic carbocycles. The lowest BCUT2D eigenvalue weighted by Gasteiger charge is -2.10. The van der Waals surface area contributed by atoms with E-state index in [1.54, 1.807) is 0 Å². The third-order valence-corrected chi connectivity index (χ3v) is 4.59. The second-order valence-corrected chi connectivity index (χ2v) is 6.34. The van der Waals surface area contributed by atoms with Crippen LogP contribution >= 0.6 is 11.3 Å². The smallest absolute Gasteiger partial charge is 0.258 e. The minimum atomic E-state index is -0.176. The molecular weight excluding hydrogens is 338 g/mol. The number of benzene rings is 1. The Balaban J connectivity index is 1.59. The number of hydrogen-bond donors (Lipinski definition) is 1. The summed E-state index contributed by atoms with van der Waals surface area (Å²) in [5.41, 5.74) is 2.01. The average molecular weight is 357 g/mol. The van der Waals surface area contributed by atoms with Gasteiger partial charge in [0.25, 0.3) is 5.89 Å². The SMILES string of the molecule is CCOc1ccccc1CNC(=O)Cc1nnc(-c2sccc2C)o1. The van der Waals surface area contributed by atoms with Gasteiger partial charge in [-0.2, -0.15) is 0 Å². The number of thiophene rings is 1. The molecule has 0 aliphatic heterocycles. The van der Waals surface area contributed by atoms with E-state index in [-0.39, 0.29) is 12.3 Å². The first-order valence-corrected chi connectivity index (χ1v) is 8.89. The Hall–Kier alpha value is -2.67.